The van der Waals surface area contributed by atoms with Crippen LogP contribution in [0.25, 0.3) is 0 Å². The van der Waals surface area contributed by atoms with Crippen LogP contribution < -0.4 is 5.32 Å². The highest BCUT2D eigenvalue weighted by molar-refractivity contribution is 6.35. The van der Waals surface area contributed by atoms with E-state index in [1.165, 1.54) is 0 Å². The zero-order chi connectivity index (χ0) is 11.3. The molecule has 0 aliphatic carbocycles. The number of rotatable bonds is 3. The SMILES string of the molecule is C#CCCC(=O)Nc1cc(Cl)ccc1Cl. The lowest BCUT2D eigenvalue weighted by atomic mass is 10.2. The largest absolute Gasteiger partial charge is 0.325 e. The minimum atomic E-state index is -0.169. The molecule has 0 atom stereocenters. The summed E-state index contributed by atoms with van der Waals surface area (Å²) >= 11 is 11.6. The molecule has 0 bridgehead atoms. The van der Waals surface area contributed by atoms with Crippen molar-refractivity contribution in [1.29, 1.82) is 0 Å². The molecule has 1 amide bonds. The standard InChI is InChI=1S/C11H9Cl2NO/c1-2-3-4-11(15)14-10-7-8(12)5-6-9(10)13/h1,5-7H,3-4H2,(H,14,15). The fourth-order valence-electron chi connectivity index (χ4n) is 0.992. The van der Waals surface area contributed by atoms with E-state index in [0.717, 1.165) is 0 Å². The van der Waals surface area contributed by atoms with E-state index in [4.69, 9.17) is 29.6 Å². The van der Waals surface area contributed by atoms with Crippen LogP contribution >= 0.6 is 23.2 Å². The lowest BCUT2D eigenvalue weighted by Crippen LogP contribution is -2.11. The number of terminal acetylenes is 1. The van der Waals surface area contributed by atoms with E-state index >= 15 is 0 Å². The number of carbonyl (C=O) groups is 1. The molecule has 0 fully saturated rings. The molecule has 0 spiro atoms. The maximum Gasteiger partial charge on any atom is 0.225 e. The molecule has 2 nitrogen and oxygen atoms in total. The van der Waals surface area contributed by atoms with Gasteiger partial charge in [0, 0.05) is 17.9 Å². The van der Waals surface area contributed by atoms with Crippen LogP contribution in [-0.2, 0) is 4.79 Å². The molecule has 0 saturated heterocycles. The van der Waals surface area contributed by atoms with E-state index in [-0.39, 0.29) is 12.3 Å². The van der Waals surface area contributed by atoms with E-state index in [2.05, 4.69) is 11.2 Å². The molecule has 0 heterocycles. The van der Waals surface area contributed by atoms with Gasteiger partial charge in [-0.25, -0.2) is 0 Å². The molecular formula is C11H9Cl2NO. The predicted molar refractivity (Wildman–Crippen MR) is 63.2 cm³/mol. The van der Waals surface area contributed by atoms with Gasteiger partial charge in [-0.1, -0.05) is 23.2 Å². The number of nitrogens with one attached hydrogen (secondary N) is 1. The molecule has 15 heavy (non-hydrogen) atoms. The Morgan fingerprint density at radius 3 is 2.87 bits per heavy atom. The third kappa shape index (κ3) is 3.83. The van der Waals surface area contributed by atoms with Crippen molar-refractivity contribution < 1.29 is 4.79 Å². The summed E-state index contributed by atoms with van der Waals surface area (Å²) in [6.45, 7) is 0. The number of halogens is 2. The third-order valence-corrected chi connectivity index (χ3v) is 2.26. The monoisotopic (exact) mass is 241 g/mol. The van der Waals surface area contributed by atoms with E-state index in [1.807, 2.05) is 0 Å². The molecule has 4 heteroatoms. The van der Waals surface area contributed by atoms with Gasteiger partial charge in [-0.15, -0.1) is 12.3 Å². The highest BCUT2D eigenvalue weighted by Crippen LogP contribution is 2.25. The fourth-order valence-corrected chi connectivity index (χ4v) is 1.33. The summed E-state index contributed by atoms with van der Waals surface area (Å²) in [4.78, 5) is 11.3. The molecule has 0 aliphatic rings. The fraction of sp³-hybridized carbons (Fsp3) is 0.182. The molecule has 0 unspecified atom stereocenters. The summed E-state index contributed by atoms with van der Waals surface area (Å²) in [5.41, 5.74) is 0.506. The average Bonchev–Trinajstić information content (AvgIpc) is 2.20. The van der Waals surface area contributed by atoms with Gasteiger partial charge >= 0.3 is 0 Å². The number of amides is 1. The van der Waals surface area contributed by atoms with E-state index in [9.17, 15) is 4.79 Å². The number of hydrogen-bond acceptors (Lipinski definition) is 1. The van der Waals surface area contributed by atoms with Gasteiger partial charge in [0.1, 0.15) is 0 Å². The van der Waals surface area contributed by atoms with Crippen LogP contribution in [0.15, 0.2) is 18.2 Å². The summed E-state index contributed by atoms with van der Waals surface area (Å²) < 4.78 is 0. The summed E-state index contributed by atoms with van der Waals surface area (Å²) in [6, 6.07) is 4.87. The van der Waals surface area contributed by atoms with Crippen molar-refractivity contribution in [1.82, 2.24) is 0 Å². The van der Waals surface area contributed by atoms with Gasteiger partial charge in [0.25, 0.3) is 0 Å². The van der Waals surface area contributed by atoms with Gasteiger partial charge in [-0.2, -0.15) is 0 Å². The second-order valence-corrected chi connectivity index (χ2v) is 3.72. The Labute approximate surface area is 98.6 Å². The van der Waals surface area contributed by atoms with Crippen LogP contribution in [0.4, 0.5) is 5.69 Å². The van der Waals surface area contributed by atoms with Gasteiger partial charge in [0.05, 0.1) is 10.7 Å². The lowest BCUT2D eigenvalue weighted by molar-refractivity contribution is -0.116. The number of hydrogen-bond donors (Lipinski definition) is 1. The predicted octanol–water partition coefficient (Wildman–Crippen LogP) is 3.35. The van der Waals surface area contributed by atoms with Crippen LogP contribution in [0.2, 0.25) is 10.0 Å². The normalized spacial score (nSPS) is 9.40. The molecular weight excluding hydrogens is 233 g/mol. The Kier molecular flexibility index (Phi) is 4.48. The quantitative estimate of drug-likeness (QED) is 0.809. The van der Waals surface area contributed by atoms with Gasteiger partial charge in [0.2, 0.25) is 5.91 Å². The molecule has 1 aromatic carbocycles. The minimum absolute atomic E-state index is 0.169. The van der Waals surface area contributed by atoms with Crippen LogP contribution in [-0.4, -0.2) is 5.91 Å². The summed E-state index contributed by atoms with van der Waals surface area (Å²) in [5.74, 6) is 2.22. The lowest BCUT2D eigenvalue weighted by Gasteiger charge is -2.06. The minimum Gasteiger partial charge on any atom is -0.325 e. The third-order valence-electron chi connectivity index (χ3n) is 1.70. The summed E-state index contributed by atoms with van der Waals surface area (Å²) in [7, 11) is 0. The van der Waals surface area contributed by atoms with E-state index < -0.39 is 0 Å². The van der Waals surface area contributed by atoms with Gasteiger partial charge < -0.3 is 5.32 Å². The van der Waals surface area contributed by atoms with Crippen LogP contribution in [0.1, 0.15) is 12.8 Å². The zero-order valence-electron chi connectivity index (χ0n) is 7.89. The van der Waals surface area contributed by atoms with Crippen LogP contribution in [0.5, 0.6) is 0 Å². The highest BCUT2D eigenvalue weighted by atomic mass is 35.5. The summed E-state index contributed by atoms with van der Waals surface area (Å²) in [5, 5.41) is 3.61. The number of anilines is 1. The Balaban J connectivity index is 2.68. The molecule has 0 saturated carbocycles. The first-order valence-corrected chi connectivity index (χ1v) is 5.07. The molecule has 1 rings (SSSR count). The first kappa shape index (κ1) is 11.9. The van der Waals surface area contributed by atoms with Crippen molar-refractivity contribution in [2.45, 2.75) is 12.8 Å². The molecule has 0 aliphatic heterocycles. The van der Waals surface area contributed by atoms with Gasteiger partial charge in [-0.05, 0) is 18.2 Å². The van der Waals surface area contributed by atoms with Gasteiger partial charge in [-0.3, -0.25) is 4.79 Å². The van der Waals surface area contributed by atoms with Crippen molar-refractivity contribution in [3.63, 3.8) is 0 Å². The number of benzene rings is 1. The van der Waals surface area contributed by atoms with Crippen molar-refractivity contribution >= 4 is 34.8 Å². The number of carbonyl (C=O) groups excluding carboxylic acids is 1. The Morgan fingerprint density at radius 2 is 2.20 bits per heavy atom. The first-order valence-electron chi connectivity index (χ1n) is 4.32. The molecule has 1 N–H and O–H groups in total. The van der Waals surface area contributed by atoms with E-state index in [0.29, 0.717) is 22.2 Å². The first-order chi connectivity index (χ1) is 7.13. The molecule has 78 valence electrons. The topological polar surface area (TPSA) is 29.1 Å². The maximum absolute atomic E-state index is 11.3. The Hall–Kier alpha value is -1.17. The van der Waals surface area contributed by atoms with Crippen LogP contribution in [0, 0.1) is 12.3 Å². The molecule has 0 aromatic heterocycles. The van der Waals surface area contributed by atoms with Crippen molar-refractivity contribution in [3.8, 4) is 12.3 Å². The average molecular weight is 242 g/mol. The smallest absolute Gasteiger partial charge is 0.225 e. The zero-order valence-corrected chi connectivity index (χ0v) is 9.40. The molecule has 0 radical (unpaired) electrons. The second kappa shape index (κ2) is 5.65. The molecule has 1 aromatic rings. The Morgan fingerprint density at radius 1 is 1.47 bits per heavy atom. The summed E-state index contributed by atoms with van der Waals surface area (Å²) in [6.07, 6.45) is 5.73. The second-order valence-electron chi connectivity index (χ2n) is 2.88. The van der Waals surface area contributed by atoms with Crippen molar-refractivity contribution in [2.24, 2.45) is 0 Å². The van der Waals surface area contributed by atoms with Gasteiger partial charge in [0.15, 0.2) is 0 Å². The van der Waals surface area contributed by atoms with E-state index in [1.54, 1.807) is 18.2 Å². The van der Waals surface area contributed by atoms with Crippen LogP contribution in [0.3, 0.4) is 0 Å². The highest BCUT2D eigenvalue weighted by Gasteiger charge is 2.05. The Bertz CT molecular complexity index is 410. The van der Waals surface area contributed by atoms with Crippen molar-refractivity contribution in [2.75, 3.05) is 5.32 Å². The van der Waals surface area contributed by atoms with Crippen molar-refractivity contribution in [3.05, 3.63) is 28.2 Å². The maximum atomic E-state index is 11.3.